The van der Waals surface area contributed by atoms with Gasteiger partial charge in [-0.15, -0.1) is 22.7 Å². The van der Waals surface area contributed by atoms with Crippen LogP contribution in [0.4, 0.5) is 5.82 Å². The number of anilines is 1. The molecule has 122 valence electrons. The minimum absolute atomic E-state index is 0.452. The fourth-order valence-corrected chi connectivity index (χ4v) is 4.33. The number of nitrogen functional groups attached to an aromatic ring is 1. The quantitative estimate of drug-likeness (QED) is 0.573. The zero-order valence-corrected chi connectivity index (χ0v) is 14.8. The Hall–Kier alpha value is -2.25. The number of nitrogens with two attached hydrogens (primary N) is 1. The minimum Gasteiger partial charge on any atom is -0.487 e. The summed E-state index contributed by atoms with van der Waals surface area (Å²) in [5.74, 6) is 1.24. The smallest absolute Gasteiger partial charge is 0.151 e. The number of thiazole rings is 2. The highest BCUT2D eigenvalue weighted by Crippen LogP contribution is 2.34. The maximum atomic E-state index is 6.12. The minimum atomic E-state index is 0.452. The number of nitrogens with zero attached hydrogens (tertiary/aromatic N) is 3. The first-order valence-corrected chi connectivity index (χ1v) is 9.49. The molecule has 0 unspecified atom stereocenters. The number of aryl methyl sites for hydroxylation is 1. The van der Waals surface area contributed by atoms with Gasteiger partial charge in [-0.1, -0.05) is 6.92 Å². The van der Waals surface area contributed by atoms with Gasteiger partial charge in [-0.25, -0.2) is 15.0 Å². The number of rotatable bonds is 5. The molecule has 0 aliphatic heterocycles. The predicted octanol–water partition coefficient (Wildman–Crippen LogP) is 4.41. The second kappa shape index (κ2) is 6.33. The van der Waals surface area contributed by atoms with Gasteiger partial charge in [0.1, 0.15) is 17.9 Å². The molecule has 3 heterocycles. The van der Waals surface area contributed by atoms with Crippen LogP contribution in [0.15, 0.2) is 29.1 Å². The summed E-state index contributed by atoms with van der Waals surface area (Å²) in [6.07, 6.45) is 2.04. The Morgan fingerprint density at radius 2 is 2.17 bits per heavy atom. The third-order valence-electron chi connectivity index (χ3n) is 3.70. The molecule has 0 aliphatic carbocycles. The van der Waals surface area contributed by atoms with Crippen LogP contribution < -0.4 is 10.5 Å². The van der Waals surface area contributed by atoms with Crippen LogP contribution in [0, 0.1) is 0 Å². The van der Waals surface area contributed by atoms with E-state index in [-0.39, 0.29) is 0 Å². The molecule has 0 aliphatic rings. The van der Waals surface area contributed by atoms with Crippen molar-refractivity contribution in [3.63, 3.8) is 0 Å². The second-order valence-electron chi connectivity index (χ2n) is 5.48. The number of pyridine rings is 1. The number of benzene rings is 1. The van der Waals surface area contributed by atoms with Crippen LogP contribution in [0.5, 0.6) is 5.75 Å². The standard InChI is InChI=1S/C17H16N4OS2/c1-2-3-14-21-15-16(24-14)12-5-4-11(6-13(12)20-17(15)18)22-7-10-8-23-9-19-10/h4-6,8-9H,2-3,7H2,1H3,(H2,18,20). The first kappa shape index (κ1) is 15.3. The Bertz CT molecular complexity index is 995. The molecule has 0 fully saturated rings. The lowest BCUT2D eigenvalue weighted by Gasteiger charge is -2.06. The Morgan fingerprint density at radius 1 is 1.25 bits per heavy atom. The fraction of sp³-hybridized carbons (Fsp3) is 0.235. The average Bonchev–Trinajstić information content (AvgIpc) is 3.23. The molecule has 0 atom stereocenters. The molecular weight excluding hydrogens is 340 g/mol. The zero-order valence-electron chi connectivity index (χ0n) is 13.2. The van der Waals surface area contributed by atoms with Gasteiger partial charge < -0.3 is 10.5 Å². The van der Waals surface area contributed by atoms with E-state index in [9.17, 15) is 0 Å². The first-order valence-electron chi connectivity index (χ1n) is 7.73. The molecule has 4 rings (SSSR count). The predicted molar refractivity (Wildman–Crippen MR) is 99.8 cm³/mol. The molecular formula is C17H16N4OS2. The van der Waals surface area contributed by atoms with Crippen molar-refractivity contribution in [1.82, 2.24) is 15.0 Å². The van der Waals surface area contributed by atoms with Crippen LogP contribution in [0.25, 0.3) is 21.1 Å². The van der Waals surface area contributed by atoms with Crippen LogP contribution >= 0.6 is 22.7 Å². The summed E-state index contributed by atoms with van der Waals surface area (Å²) in [4.78, 5) is 13.4. The molecule has 0 radical (unpaired) electrons. The van der Waals surface area contributed by atoms with Gasteiger partial charge in [-0.3, -0.25) is 0 Å². The van der Waals surface area contributed by atoms with Crippen molar-refractivity contribution in [2.24, 2.45) is 0 Å². The molecule has 5 nitrogen and oxygen atoms in total. The van der Waals surface area contributed by atoms with Gasteiger partial charge in [0, 0.05) is 16.8 Å². The summed E-state index contributed by atoms with van der Waals surface area (Å²) in [6, 6.07) is 5.93. The van der Waals surface area contributed by atoms with E-state index in [1.165, 1.54) is 0 Å². The van der Waals surface area contributed by atoms with Crippen LogP contribution in [0.1, 0.15) is 24.0 Å². The Kier molecular flexibility index (Phi) is 4.03. The second-order valence-corrected chi connectivity index (χ2v) is 7.28. The average molecular weight is 356 g/mol. The van der Waals surface area contributed by atoms with Crippen molar-refractivity contribution in [3.8, 4) is 5.75 Å². The fourth-order valence-electron chi connectivity index (χ4n) is 2.58. The number of hydrogen-bond acceptors (Lipinski definition) is 7. The van der Waals surface area contributed by atoms with E-state index < -0.39 is 0 Å². The van der Waals surface area contributed by atoms with Gasteiger partial charge >= 0.3 is 0 Å². The summed E-state index contributed by atoms with van der Waals surface area (Å²) < 4.78 is 6.91. The summed E-state index contributed by atoms with van der Waals surface area (Å²) in [5, 5.41) is 4.16. The SMILES string of the molecule is CCCc1nc2c(N)nc3cc(OCc4cscn4)ccc3c2s1. The van der Waals surface area contributed by atoms with Gasteiger partial charge in [0.25, 0.3) is 0 Å². The van der Waals surface area contributed by atoms with Crippen LogP contribution in [0.3, 0.4) is 0 Å². The van der Waals surface area contributed by atoms with E-state index in [0.717, 1.165) is 50.4 Å². The van der Waals surface area contributed by atoms with Crippen molar-refractivity contribution in [2.75, 3.05) is 5.73 Å². The third-order valence-corrected chi connectivity index (χ3v) is 5.49. The van der Waals surface area contributed by atoms with E-state index >= 15 is 0 Å². The molecule has 3 aromatic heterocycles. The highest BCUT2D eigenvalue weighted by molar-refractivity contribution is 7.19. The van der Waals surface area contributed by atoms with Crippen molar-refractivity contribution in [1.29, 1.82) is 0 Å². The number of aromatic nitrogens is 3. The van der Waals surface area contributed by atoms with Crippen molar-refractivity contribution < 1.29 is 4.74 Å². The molecule has 0 spiro atoms. The molecule has 0 saturated carbocycles. The maximum Gasteiger partial charge on any atom is 0.151 e. The number of ether oxygens (including phenoxy) is 1. The van der Waals surface area contributed by atoms with E-state index in [4.69, 9.17) is 10.5 Å². The molecule has 2 N–H and O–H groups in total. The lowest BCUT2D eigenvalue weighted by atomic mass is 10.2. The molecule has 0 amide bonds. The molecule has 1 aromatic carbocycles. The van der Waals surface area contributed by atoms with Crippen LogP contribution in [0.2, 0.25) is 0 Å². The summed E-state index contributed by atoms with van der Waals surface area (Å²) in [5.41, 5.74) is 10.5. The maximum absolute atomic E-state index is 6.12. The number of fused-ring (bicyclic) bond motifs is 3. The van der Waals surface area contributed by atoms with E-state index in [1.807, 2.05) is 23.6 Å². The zero-order chi connectivity index (χ0) is 16.5. The monoisotopic (exact) mass is 356 g/mol. The van der Waals surface area contributed by atoms with E-state index in [2.05, 4.69) is 21.9 Å². The lowest BCUT2D eigenvalue weighted by molar-refractivity contribution is 0.302. The topological polar surface area (TPSA) is 73.9 Å². The summed E-state index contributed by atoms with van der Waals surface area (Å²) in [6.45, 7) is 2.60. The van der Waals surface area contributed by atoms with E-state index in [0.29, 0.717) is 12.4 Å². The largest absolute Gasteiger partial charge is 0.487 e. The highest BCUT2D eigenvalue weighted by atomic mass is 32.1. The van der Waals surface area contributed by atoms with Gasteiger partial charge in [-0.2, -0.15) is 0 Å². The third kappa shape index (κ3) is 2.81. The first-order chi connectivity index (χ1) is 11.7. The van der Waals surface area contributed by atoms with Crippen LogP contribution in [-0.4, -0.2) is 15.0 Å². The lowest BCUT2D eigenvalue weighted by Crippen LogP contribution is -1.96. The van der Waals surface area contributed by atoms with Gasteiger partial charge in [0.2, 0.25) is 0 Å². The Labute approximate surface area is 147 Å². The van der Waals surface area contributed by atoms with E-state index in [1.54, 1.807) is 28.2 Å². The van der Waals surface area contributed by atoms with Gasteiger partial charge in [0.05, 0.1) is 26.4 Å². The molecule has 4 aromatic rings. The Balaban J connectivity index is 1.72. The molecule has 24 heavy (non-hydrogen) atoms. The van der Waals surface area contributed by atoms with Gasteiger partial charge in [0.15, 0.2) is 5.82 Å². The molecule has 0 saturated heterocycles. The van der Waals surface area contributed by atoms with Crippen molar-refractivity contribution >= 4 is 49.6 Å². The Morgan fingerprint density at radius 3 is 2.96 bits per heavy atom. The summed E-state index contributed by atoms with van der Waals surface area (Å²) >= 11 is 3.26. The van der Waals surface area contributed by atoms with Crippen molar-refractivity contribution in [2.45, 2.75) is 26.4 Å². The highest BCUT2D eigenvalue weighted by Gasteiger charge is 2.13. The number of hydrogen-bond donors (Lipinski definition) is 1. The van der Waals surface area contributed by atoms with Crippen molar-refractivity contribution in [3.05, 3.63) is 39.8 Å². The normalized spacial score (nSPS) is 11.4. The summed E-state index contributed by atoms with van der Waals surface area (Å²) in [7, 11) is 0. The van der Waals surface area contributed by atoms with Gasteiger partial charge in [-0.05, 0) is 25.0 Å². The van der Waals surface area contributed by atoms with Crippen LogP contribution in [-0.2, 0) is 13.0 Å². The molecule has 7 heteroatoms. The molecule has 0 bridgehead atoms.